The second-order valence-electron chi connectivity index (χ2n) is 4.80. The van der Waals surface area contributed by atoms with Crippen LogP contribution in [0.3, 0.4) is 0 Å². The van der Waals surface area contributed by atoms with E-state index in [1.165, 1.54) is 0 Å². The highest BCUT2D eigenvalue weighted by molar-refractivity contribution is 7.90. The van der Waals surface area contributed by atoms with E-state index in [-0.39, 0.29) is 5.92 Å². The fourth-order valence-corrected chi connectivity index (χ4v) is 2.94. The molecule has 0 aliphatic heterocycles. The highest BCUT2D eigenvalue weighted by Gasteiger charge is 2.41. The van der Waals surface area contributed by atoms with E-state index < -0.39 is 43.6 Å². The quantitative estimate of drug-likeness (QED) is 0.854. The standard InChI is InChI=1S/C11H10ClF3N2O3S/c1-5-2-7(5)10(18)17-21(19,20)6-3-8(11(13,14)15)9(12)16-4-6/h3-5,7H,2H2,1H3,(H,17,18). The molecule has 2 atom stereocenters. The molecule has 0 radical (unpaired) electrons. The summed E-state index contributed by atoms with van der Waals surface area (Å²) in [5.41, 5.74) is -1.38. The van der Waals surface area contributed by atoms with Crippen molar-refractivity contribution >= 4 is 27.5 Å². The van der Waals surface area contributed by atoms with Crippen LogP contribution in [0.15, 0.2) is 17.2 Å². The zero-order chi connectivity index (χ0) is 16.0. The molecule has 1 aromatic rings. The number of aromatic nitrogens is 1. The molecule has 5 nitrogen and oxygen atoms in total. The van der Waals surface area contributed by atoms with Gasteiger partial charge >= 0.3 is 6.18 Å². The van der Waals surface area contributed by atoms with Gasteiger partial charge in [-0.25, -0.2) is 18.1 Å². The van der Waals surface area contributed by atoms with Crippen molar-refractivity contribution in [1.29, 1.82) is 0 Å². The lowest BCUT2D eigenvalue weighted by Gasteiger charge is -2.11. The van der Waals surface area contributed by atoms with Gasteiger partial charge in [-0.05, 0) is 18.4 Å². The van der Waals surface area contributed by atoms with Crippen LogP contribution in [0, 0.1) is 11.8 Å². The van der Waals surface area contributed by atoms with Crippen LogP contribution in [0.25, 0.3) is 0 Å². The molecule has 1 aliphatic rings. The van der Waals surface area contributed by atoms with Crippen LogP contribution in [0.1, 0.15) is 18.9 Å². The Morgan fingerprint density at radius 1 is 1.48 bits per heavy atom. The second kappa shape index (κ2) is 5.13. The van der Waals surface area contributed by atoms with E-state index in [1.807, 2.05) is 0 Å². The number of carbonyl (C=O) groups excluding carboxylic acids is 1. The largest absolute Gasteiger partial charge is 0.419 e. The van der Waals surface area contributed by atoms with Crippen molar-refractivity contribution in [2.75, 3.05) is 0 Å². The van der Waals surface area contributed by atoms with Crippen LogP contribution < -0.4 is 4.72 Å². The summed E-state index contributed by atoms with van der Waals surface area (Å²) in [6.07, 6.45) is -3.62. The van der Waals surface area contributed by atoms with E-state index in [2.05, 4.69) is 4.98 Å². The molecule has 0 aromatic carbocycles. The van der Waals surface area contributed by atoms with Gasteiger partial charge in [-0.15, -0.1) is 0 Å². The van der Waals surface area contributed by atoms with Crippen LogP contribution in [-0.4, -0.2) is 19.3 Å². The van der Waals surface area contributed by atoms with Gasteiger partial charge in [-0.3, -0.25) is 4.79 Å². The van der Waals surface area contributed by atoms with Gasteiger partial charge in [0.05, 0.1) is 5.56 Å². The number of carbonyl (C=O) groups is 1. The Morgan fingerprint density at radius 2 is 2.05 bits per heavy atom. The Bertz CT molecular complexity index is 690. The van der Waals surface area contributed by atoms with Gasteiger partial charge in [0, 0.05) is 12.1 Å². The Balaban J connectivity index is 2.30. The minimum Gasteiger partial charge on any atom is -0.274 e. The molecule has 1 aliphatic carbocycles. The highest BCUT2D eigenvalue weighted by Crippen LogP contribution is 2.38. The summed E-state index contributed by atoms with van der Waals surface area (Å²) in [5, 5.41) is -0.858. The number of pyridine rings is 1. The fourth-order valence-electron chi connectivity index (χ4n) is 1.73. The monoisotopic (exact) mass is 342 g/mol. The van der Waals surface area contributed by atoms with Crippen LogP contribution in [0.2, 0.25) is 5.15 Å². The van der Waals surface area contributed by atoms with E-state index in [0.717, 1.165) is 0 Å². The van der Waals surface area contributed by atoms with Crippen LogP contribution in [0.5, 0.6) is 0 Å². The maximum absolute atomic E-state index is 12.7. The molecule has 1 amide bonds. The maximum atomic E-state index is 12.7. The van der Waals surface area contributed by atoms with Gasteiger partial charge in [-0.2, -0.15) is 13.2 Å². The van der Waals surface area contributed by atoms with Gasteiger partial charge in [0.1, 0.15) is 10.0 Å². The summed E-state index contributed by atoms with van der Waals surface area (Å²) < 4.78 is 63.5. The number of halogens is 4. The van der Waals surface area contributed by atoms with Crippen LogP contribution >= 0.6 is 11.6 Å². The zero-order valence-electron chi connectivity index (χ0n) is 10.6. The molecule has 21 heavy (non-hydrogen) atoms. The van der Waals surface area contributed by atoms with Crippen molar-refractivity contribution in [3.63, 3.8) is 0 Å². The van der Waals surface area contributed by atoms with E-state index in [9.17, 15) is 26.4 Å². The predicted octanol–water partition coefficient (Wildman–Crippen LogP) is 2.21. The van der Waals surface area contributed by atoms with Gasteiger partial charge in [0.25, 0.3) is 10.0 Å². The fraction of sp³-hybridized carbons (Fsp3) is 0.455. The number of hydrogen-bond donors (Lipinski definition) is 1. The Morgan fingerprint density at radius 3 is 2.52 bits per heavy atom. The maximum Gasteiger partial charge on any atom is 0.419 e. The molecular weight excluding hydrogens is 333 g/mol. The number of hydrogen-bond acceptors (Lipinski definition) is 4. The van der Waals surface area contributed by atoms with Crippen molar-refractivity contribution in [2.24, 2.45) is 11.8 Å². The number of alkyl halides is 3. The van der Waals surface area contributed by atoms with Gasteiger partial charge in [0.2, 0.25) is 5.91 Å². The minimum absolute atomic E-state index is 0.0641. The molecule has 0 bridgehead atoms. The smallest absolute Gasteiger partial charge is 0.274 e. The lowest BCUT2D eigenvalue weighted by Crippen LogP contribution is -2.32. The lowest BCUT2D eigenvalue weighted by molar-refractivity contribution is -0.137. The average molecular weight is 343 g/mol. The third kappa shape index (κ3) is 3.46. The molecule has 0 saturated heterocycles. The number of amides is 1. The van der Waals surface area contributed by atoms with Crippen molar-refractivity contribution < 1.29 is 26.4 Å². The number of rotatable bonds is 3. The summed E-state index contributed by atoms with van der Waals surface area (Å²) in [6, 6.07) is 0.348. The van der Waals surface area contributed by atoms with Crippen molar-refractivity contribution in [3.05, 3.63) is 23.0 Å². The third-order valence-electron chi connectivity index (χ3n) is 3.11. The third-order valence-corrected chi connectivity index (χ3v) is 4.73. The van der Waals surface area contributed by atoms with Gasteiger partial charge in [-0.1, -0.05) is 18.5 Å². The van der Waals surface area contributed by atoms with Gasteiger partial charge < -0.3 is 0 Å². The predicted molar refractivity (Wildman–Crippen MR) is 66.8 cm³/mol. The Hall–Kier alpha value is -1.35. The first kappa shape index (κ1) is 16.0. The SMILES string of the molecule is CC1CC1C(=O)NS(=O)(=O)c1cnc(Cl)c(C(F)(F)F)c1. The van der Waals surface area contributed by atoms with Gasteiger partial charge in [0.15, 0.2) is 0 Å². The molecule has 2 rings (SSSR count). The molecule has 1 heterocycles. The number of sulfonamides is 1. The highest BCUT2D eigenvalue weighted by atomic mass is 35.5. The second-order valence-corrected chi connectivity index (χ2v) is 6.84. The van der Waals surface area contributed by atoms with E-state index >= 15 is 0 Å². The first-order valence-corrected chi connectivity index (χ1v) is 7.68. The molecular formula is C11H10ClF3N2O3S. The first-order valence-electron chi connectivity index (χ1n) is 5.82. The number of nitrogens with zero attached hydrogens (tertiary/aromatic N) is 1. The van der Waals surface area contributed by atoms with E-state index in [4.69, 9.17) is 11.6 Å². The molecule has 116 valence electrons. The summed E-state index contributed by atoms with van der Waals surface area (Å²) in [4.78, 5) is 14.0. The minimum atomic E-state index is -4.84. The van der Waals surface area contributed by atoms with Crippen LogP contribution in [0.4, 0.5) is 13.2 Å². The summed E-state index contributed by atoms with van der Waals surface area (Å²) >= 11 is 5.30. The first-order chi connectivity index (χ1) is 9.52. The average Bonchev–Trinajstić information content (AvgIpc) is 3.04. The molecule has 0 spiro atoms. The summed E-state index contributed by atoms with van der Waals surface area (Å²) in [6.45, 7) is 1.77. The zero-order valence-corrected chi connectivity index (χ0v) is 12.2. The summed E-state index contributed by atoms with van der Waals surface area (Å²) in [7, 11) is -4.41. The Kier molecular flexibility index (Phi) is 3.92. The Labute approximate surface area is 123 Å². The molecule has 1 saturated carbocycles. The number of nitrogens with one attached hydrogen (secondary N) is 1. The van der Waals surface area contributed by atoms with Crippen molar-refractivity contribution in [1.82, 2.24) is 9.71 Å². The normalized spacial score (nSPS) is 22.0. The lowest BCUT2D eigenvalue weighted by atomic mass is 10.3. The molecule has 1 fully saturated rings. The molecule has 1 N–H and O–H groups in total. The molecule has 2 unspecified atom stereocenters. The van der Waals surface area contributed by atoms with E-state index in [0.29, 0.717) is 18.7 Å². The van der Waals surface area contributed by atoms with Crippen molar-refractivity contribution in [3.8, 4) is 0 Å². The summed E-state index contributed by atoms with van der Waals surface area (Å²) in [5.74, 6) is -1.09. The van der Waals surface area contributed by atoms with Crippen molar-refractivity contribution in [2.45, 2.75) is 24.4 Å². The van der Waals surface area contributed by atoms with E-state index in [1.54, 1.807) is 11.6 Å². The topological polar surface area (TPSA) is 76.1 Å². The molecule has 1 aromatic heterocycles. The van der Waals surface area contributed by atoms with Crippen LogP contribution in [-0.2, 0) is 21.0 Å². The molecule has 10 heteroatoms.